The van der Waals surface area contributed by atoms with Crippen LogP contribution in [0.5, 0.6) is 0 Å². The third-order valence-corrected chi connectivity index (χ3v) is 2.63. The first-order valence-electron chi connectivity index (χ1n) is 6.41. The molecule has 0 atom stereocenters. The summed E-state index contributed by atoms with van der Waals surface area (Å²) in [6.07, 6.45) is 4.26. The number of amides is 1. The molecule has 5 heteroatoms. The van der Waals surface area contributed by atoms with Gasteiger partial charge >= 0.3 is 5.97 Å². The van der Waals surface area contributed by atoms with Gasteiger partial charge < -0.3 is 15.2 Å². The van der Waals surface area contributed by atoms with Crippen molar-refractivity contribution in [2.45, 2.75) is 12.8 Å². The summed E-state index contributed by atoms with van der Waals surface area (Å²) in [5.41, 5.74) is 1.20. The van der Waals surface area contributed by atoms with Gasteiger partial charge in [0.05, 0.1) is 0 Å². The van der Waals surface area contributed by atoms with Crippen LogP contribution < -0.4 is 5.32 Å². The SMILES string of the molecule is COCCCCNC(=O)c1cccc(C=CC(=O)O)c1. The molecular weight excluding hydrogens is 258 g/mol. The van der Waals surface area contributed by atoms with Gasteiger partial charge in [-0.3, -0.25) is 4.79 Å². The van der Waals surface area contributed by atoms with Gasteiger partial charge in [0.25, 0.3) is 5.91 Å². The van der Waals surface area contributed by atoms with Gasteiger partial charge in [0.2, 0.25) is 0 Å². The van der Waals surface area contributed by atoms with E-state index in [1.54, 1.807) is 31.4 Å². The molecular formula is C15H19NO4. The Bertz CT molecular complexity index is 483. The van der Waals surface area contributed by atoms with Gasteiger partial charge in [0.15, 0.2) is 0 Å². The molecule has 20 heavy (non-hydrogen) atoms. The first-order valence-corrected chi connectivity index (χ1v) is 6.41. The Balaban J connectivity index is 2.51. The maximum atomic E-state index is 11.9. The quantitative estimate of drug-likeness (QED) is 0.562. The summed E-state index contributed by atoms with van der Waals surface area (Å²) < 4.78 is 4.93. The van der Waals surface area contributed by atoms with Gasteiger partial charge in [0.1, 0.15) is 0 Å². The Kier molecular flexibility index (Phi) is 7.06. The molecule has 1 amide bonds. The number of hydrogen-bond donors (Lipinski definition) is 2. The fourth-order valence-electron chi connectivity index (χ4n) is 1.63. The lowest BCUT2D eigenvalue weighted by atomic mass is 10.1. The van der Waals surface area contributed by atoms with Crippen molar-refractivity contribution in [3.63, 3.8) is 0 Å². The molecule has 0 saturated heterocycles. The van der Waals surface area contributed by atoms with Crippen molar-refractivity contribution in [3.05, 3.63) is 41.5 Å². The first-order chi connectivity index (χ1) is 9.63. The smallest absolute Gasteiger partial charge is 0.328 e. The largest absolute Gasteiger partial charge is 0.478 e. The Hall–Kier alpha value is -2.14. The number of rotatable bonds is 8. The number of carbonyl (C=O) groups is 2. The Morgan fingerprint density at radius 3 is 2.85 bits per heavy atom. The molecule has 108 valence electrons. The Labute approximate surface area is 118 Å². The maximum Gasteiger partial charge on any atom is 0.328 e. The predicted octanol–water partition coefficient (Wildman–Crippen LogP) is 1.94. The van der Waals surface area contributed by atoms with Crippen molar-refractivity contribution in [1.82, 2.24) is 5.32 Å². The summed E-state index contributed by atoms with van der Waals surface area (Å²) in [5, 5.41) is 11.4. The van der Waals surface area contributed by atoms with Crippen molar-refractivity contribution in [1.29, 1.82) is 0 Å². The molecule has 0 bridgehead atoms. The highest BCUT2D eigenvalue weighted by molar-refractivity contribution is 5.95. The van der Waals surface area contributed by atoms with E-state index in [-0.39, 0.29) is 5.91 Å². The highest BCUT2D eigenvalue weighted by atomic mass is 16.5. The highest BCUT2D eigenvalue weighted by Gasteiger charge is 2.04. The summed E-state index contributed by atoms with van der Waals surface area (Å²) in [5.74, 6) is -1.18. The normalized spacial score (nSPS) is 10.7. The van der Waals surface area contributed by atoms with E-state index < -0.39 is 5.97 Å². The number of aliphatic carboxylic acids is 1. The van der Waals surface area contributed by atoms with E-state index in [9.17, 15) is 9.59 Å². The number of carboxylic acids is 1. The molecule has 1 rings (SSSR count). The van der Waals surface area contributed by atoms with Crippen molar-refractivity contribution >= 4 is 18.0 Å². The molecule has 5 nitrogen and oxygen atoms in total. The van der Waals surface area contributed by atoms with Gasteiger partial charge in [-0.25, -0.2) is 4.79 Å². The van der Waals surface area contributed by atoms with Gasteiger partial charge in [0, 0.05) is 31.9 Å². The van der Waals surface area contributed by atoms with E-state index in [0.29, 0.717) is 24.3 Å². The zero-order chi connectivity index (χ0) is 14.8. The topological polar surface area (TPSA) is 75.6 Å². The molecule has 1 aromatic rings. The van der Waals surface area contributed by atoms with Crippen molar-refractivity contribution in [3.8, 4) is 0 Å². The predicted molar refractivity (Wildman–Crippen MR) is 76.6 cm³/mol. The molecule has 0 radical (unpaired) electrons. The number of ether oxygens (including phenoxy) is 1. The van der Waals surface area contributed by atoms with Gasteiger partial charge in [-0.05, 0) is 36.6 Å². The van der Waals surface area contributed by atoms with Crippen LogP contribution in [0.15, 0.2) is 30.3 Å². The lowest BCUT2D eigenvalue weighted by Gasteiger charge is -2.05. The number of methoxy groups -OCH3 is 1. The summed E-state index contributed by atoms with van der Waals surface area (Å²) in [7, 11) is 1.65. The molecule has 0 saturated carbocycles. The molecule has 0 fully saturated rings. The van der Waals surface area contributed by atoms with Crippen LogP contribution in [0.25, 0.3) is 6.08 Å². The standard InChI is InChI=1S/C15H19NO4/c1-20-10-3-2-9-16-15(19)13-6-4-5-12(11-13)7-8-14(17)18/h4-8,11H,2-3,9-10H2,1H3,(H,16,19)(H,17,18). The second-order valence-electron chi connectivity index (χ2n) is 4.25. The van der Waals surface area contributed by atoms with Crippen LogP contribution in [-0.2, 0) is 9.53 Å². The molecule has 0 aliphatic carbocycles. The van der Waals surface area contributed by atoms with Gasteiger partial charge in [-0.1, -0.05) is 12.1 Å². The fraction of sp³-hybridized carbons (Fsp3) is 0.333. The number of hydrogen-bond acceptors (Lipinski definition) is 3. The molecule has 0 heterocycles. The average Bonchev–Trinajstić information content (AvgIpc) is 2.45. The van der Waals surface area contributed by atoms with E-state index in [0.717, 1.165) is 18.9 Å². The number of carboxylic acid groups (broad SMARTS) is 1. The molecule has 0 unspecified atom stereocenters. The highest BCUT2D eigenvalue weighted by Crippen LogP contribution is 2.07. The second kappa shape index (κ2) is 8.87. The Morgan fingerprint density at radius 1 is 1.35 bits per heavy atom. The number of carbonyl (C=O) groups excluding carboxylic acids is 1. The van der Waals surface area contributed by atoms with E-state index >= 15 is 0 Å². The Morgan fingerprint density at radius 2 is 2.15 bits per heavy atom. The van der Waals surface area contributed by atoms with Crippen LogP contribution in [-0.4, -0.2) is 37.2 Å². The fourth-order valence-corrected chi connectivity index (χ4v) is 1.63. The van der Waals surface area contributed by atoms with E-state index in [2.05, 4.69) is 5.32 Å². The van der Waals surface area contributed by atoms with Gasteiger partial charge in [-0.2, -0.15) is 0 Å². The van der Waals surface area contributed by atoms with E-state index in [1.165, 1.54) is 6.08 Å². The molecule has 0 aliphatic heterocycles. The summed E-state index contributed by atoms with van der Waals surface area (Å²) in [6, 6.07) is 6.82. The summed E-state index contributed by atoms with van der Waals surface area (Å²) in [6.45, 7) is 1.28. The zero-order valence-corrected chi connectivity index (χ0v) is 11.5. The molecule has 0 aliphatic rings. The maximum absolute atomic E-state index is 11.9. The molecule has 2 N–H and O–H groups in total. The number of unbranched alkanes of at least 4 members (excludes halogenated alkanes) is 1. The lowest BCUT2D eigenvalue weighted by molar-refractivity contribution is -0.131. The van der Waals surface area contributed by atoms with Crippen LogP contribution in [0.2, 0.25) is 0 Å². The van der Waals surface area contributed by atoms with Crippen LogP contribution in [0, 0.1) is 0 Å². The van der Waals surface area contributed by atoms with Crippen molar-refractivity contribution in [2.75, 3.05) is 20.3 Å². The zero-order valence-electron chi connectivity index (χ0n) is 11.5. The van der Waals surface area contributed by atoms with Crippen LogP contribution in [0.3, 0.4) is 0 Å². The van der Waals surface area contributed by atoms with Crippen LogP contribution in [0.4, 0.5) is 0 Å². The minimum atomic E-state index is -1.02. The molecule has 0 spiro atoms. The van der Waals surface area contributed by atoms with E-state index in [4.69, 9.17) is 9.84 Å². The monoisotopic (exact) mass is 277 g/mol. The molecule has 1 aromatic carbocycles. The van der Waals surface area contributed by atoms with E-state index in [1.807, 2.05) is 0 Å². The summed E-state index contributed by atoms with van der Waals surface area (Å²) >= 11 is 0. The minimum Gasteiger partial charge on any atom is -0.478 e. The van der Waals surface area contributed by atoms with Crippen LogP contribution in [0.1, 0.15) is 28.8 Å². The molecule has 0 aromatic heterocycles. The average molecular weight is 277 g/mol. The number of benzene rings is 1. The summed E-state index contributed by atoms with van der Waals surface area (Å²) in [4.78, 5) is 22.3. The lowest BCUT2D eigenvalue weighted by Crippen LogP contribution is -2.24. The van der Waals surface area contributed by atoms with Crippen molar-refractivity contribution < 1.29 is 19.4 Å². The third kappa shape index (κ3) is 6.15. The second-order valence-corrected chi connectivity index (χ2v) is 4.25. The van der Waals surface area contributed by atoms with Gasteiger partial charge in [-0.15, -0.1) is 0 Å². The van der Waals surface area contributed by atoms with Crippen LogP contribution >= 0.6 is 0 Å². The number of nitrogens with one attached hydrogen (secondary N) is 1. The third-order valence-electron chi connectivity index (χ3n) is 2.63. The van der Waals surface area contributed by atoms with Crippen molar-refractivity contribution in [2.24, 2.45) is 0 Å². The minimum absolute atomic E-state index is 0.159. The first kappa shape index (κ1) is 15.9.